The molecule has 0 aliphatic heterocycles. The van der Waals surface area contributed by atoms with E-state index in [0.717, 1.165) is 12.8 Å². The number of hydrogen-bond acceptors (Lipinski definition) is 4. The summed E-state index contributed by atoms with van der Waals surface area (Å²) in [5.74, 6) is -0.168. The Kier molecular flexibility index (Phi) is 19.9. The number of nitrogens with two attached hydrogens (primary N) is 1. The molecule has 24 heavy (non-hydrogen) atoms. The topological polar surface area (TPSA) is 64.3 Å². The van der Waals surface area contributed by atoms with Crippen molar-refractivity contribution in [3.8, 4) is 0 Å². The van der Waals surface area contributed by atoms with Crippen molar-refractivity contribution < 1.29 is 9.63 Å². The zero-order valence-corrected chi connectivity index (χ0v) is 16.1. The minimum absolute atomic E-state index is 0.168. The average molecular weight is 343 g/mol. The molecule has 0 unspecified atom stereocenters. The molecule has 0 aromatic heterocycles. The number of nitrogens with one attached hydrogen (secondary N) is 1. The van der Waals surface area contributed by atoms with Crippen molar-refractivity contribution in [1.82, 2.24) is 5.48 Å². The summed E-state index contributed by atoms with van der Waals surface area (Å²) < 4.78 is 0. The van der Waals surface area contributed by atoms with Gasteiger partial charge in [0.15, 0.2) is 0 Å². The molecular weight excluding hydrogens is 300 g/mol. The van der Waals surface area contributed by atoms with E-state index in [1.165, 1.54) is 83.5 Å². The van der Waals surface area contributed by atoms with E-state index >= 15 is 0 Å². The van der Waals surface area contributed by atoms with E-state index in [-0.39, 0.29) is 5.97 Å². The van der Waals surface area contributed by atoms with Gasteiger partial charge < -0.3 is 10.6 Å². The predicted molar refractivity (Wildman–Crippen MR) is 103 cm³/mol. The highest BCUT2D eigenvalue weighted by Crippen LogP contribution is 2.13. The van der Waals surface area contributed by atoms with E-state index in [4.69, 9.17) is 10.6 Å². The second-order valence-electron chi connectivity index (χ2n) is 6.86. The van der Waals surface area contributed by atoms with Gasteiger partial charge in [0, 0.05) is 19.5 Å². The monoisotopic (exact) mass is 342 g/mol. The molecule has 144 valence electrons. The van der Waals surface area contributed by atoms with Crippen molar-refractivity contribution in [2.24, 2.45) is 5.73 Å². The Morgan fingerprint density at radius 1 is 0.750 bits per heavy atom. The number of hydrogen-bond donors (Lipinski definition) is 2. The summed E-state index contributed by atoms with van der Waals surface area (Å²) in [7, 11) is 0. The van der Waals surface area contributed by atoms with Crippen LogP contribution in [-0.2, 0) is 9.63 Å². The minimum atomic E-state index is -0.168. The molecule has 0 aromatic carbocycles. The van der Waals surface area contributed by atoms with E-state index in [2.05, 4.69) is 12.4 Å². The summed E-state index contributed by atoms with van der Waals surface area (Å²) >= 11 is 0. The summed E-state index contributed by atoms with van der Waals surface area (Å²) in [6.45, 7) is 3.27. The first kappa shape index (κ1) is 23.4. The first-order valence-corrected chi connectivity index (χ1v) is 10.4. The van der Waals surface area contributed by atoms with Crippen LogP contribution in [-0.4, -0.2) is 19.1 Å². The Hall–Kier alpha value is -0.610. The normalized spacial score (nSPS) is 10.9. The van der Waals surface area contributed by atoms with Gasteiger partial charge in [-0.05, 0) is 6.42 Å². The van der Waals surface area contributed by atoms with Crippen LogP contribution in [0, 0.1) is 0 Å². The maximum Gasteiger partial charge on any atom is 0.324 e. The van der Waals surface area contributed by atoms with Gasteiger partial charge in [0.05, 0.1) is 0 Å². The number of carbonyl (C=O) groups excluding carboxylic acids is 1. The van der Waals surface area contributed by atoms with Crippen LogP contribution in [0.3, 0.4) is 0 Å². The van der Waals surface area contributed by atoms with E-state index < -0.39 is 0 Å². The smallest absolute Gasteiger partial charge is 0.324 e. The van der Waals surface area contributed by atoms with E-state index in [1.807, 2.05) is 0 Å². The van der Waals surface area contributed by atoms with Gasteiger partial charge in [-0.1, -0.05) is 96.8 Å². The van der Waals surface area contributed by atoms with Gasteiger partial charge in [0.25, 0.3) is 0 Å². The lowest BCUT2D eigenvalue weighted by Gasteiger charge is -2.05. The van der Waals surface area contributed by atoms with Gasteiger partial charge in [0.1, 0.15) is 0 Å². The maximum absolute atomic E-state index is 11.3. The number of hydroxylamine groups is 1. The molecule has 0 aliphatic carbocycles. The van der Waals surface area contributed by atoms with Crippen LogP contribution in [0.4, 0.5) is 0 Å². The van der Waals surface area contributed by atoms with Crippen LogP contribution in [0.1, 0.15) is 110 Å². The van der Waals surface area contributed by atoms with Crippen LogP contribution in [0.2, 0.25) is 0 Å². The minimum Gasteiger partial charge on any atom is -0.371 e. The molecule has 0 radical (unpaired) electrons. The third-order valence-electron chi connectivity index (χ3n) is 4.42. The lowest BCUT2D eigenvalue weighted by molar-refractivity contribution is -0.151. The second kappa shape index (κ2) is 20.4. The molecule has 3 N–H and O–H groups in total. The Labute approximate surface area is 150 Å². The number of unbranched alkanes of at least 4 members (excludes halogenated alkanes) is 14. The van der Waals surface area contributed by atoms with Gasteiger partial charge in [0.2, 0.25) is 0 Å². The van der Waals surface area contributed by atoms with Crippen molar-refractivity contribution in [3.63, 3.8) is 0 Å². The molecule has 0 atom stereocenters. The van der Waals surface area contributed by atoms with Crippen LogP contribution < -0.4 is 11.2 Å². The van der Waals surface area contributed by atoms with Crippen LogP contribution in [0.15, 0.2) is 0 Å². The first-order chi connectivity index (χ1) is 11.8. The van der Waals surface area contributed by atoms with Gasteiger partial charge in [-0.25, -0.2) is 0 Å². The molecule has 0 rings (SSSR count). The standard InChI is InChI=1S/C20H42N2O2/c1-2-3-4-5-6-7-8-9-10-11-12-13-14-15-16-17-20(23)24-22-19-18-21/h22H,2-19,21H2,1H3. The predicted octanol–water partition coefficient (Wildman–Crippen LogP) is 5.25. The van der Waals surface area contributed by atoms with E-state index in [9.17, 15) is 4.79 Å². The van der Waals surface area contributed by atoms with Crippen molar-refractivity contribution in [2.45, 2.75) is 110 Å². The zero-order chi connectivity index (χ0) is 17.7. The quantitative estimate of drug-likeness (QED) is 0.248. The largest absolute Gasteiger partial charge is 0.371 e. The summed E-state index contributed by atoms with van der Waals surface area (Å²) in [6.07, 6.45) is 20.5. The number of rotatable bonds is 19. The second-order valence-corrected chi connectivity index (χ2v) is 6.86. The molecule has 0 fully saturated rings. The van der Waals surface area contributed by atoms with Gasteiger partial charge in [-0.2, -0.15) is 5.48 Å². The molecule has 0 aliphatic rings. The molecule has 0 amide bonds. The fourth-order valence-corrected chi connectivity index (χ4v) is 2.88. The van der Waals surface area contributed by atoms with Crippen molar-refractivity contribution >= 4 is 5.97 Å². The maximum atomic E-state index is 11.3. The van der Waals surface area contributed by atoms with Gasteiger partial charge >= 0.3 is 5.97 Å². The molecule has 4 nitrogen and oxygen atoms in total. The van der Waals surface area contributed by atoms with E-state index in [1.54, 1.807) is 0 Å². The Bertz CT molecular complexity index is 260. The van der Waals surface area contributed by atoms with Crippen LogP contribution >= 0.6 is 0 Å². The molecule has 0 saturated heterocycles. The van der Waals surface area contributed by atoms with Crippen molar-refractivity contribution in [2.75, 3.05) is 13.1 Å². The third-order valence-corrected chi connectivity index (χ3v) is 4.42. The Balaban J connectivity index is 3.06. The van der Waals surface area contributed by atoms with Gasteiger partial charge in [-0.3, -0.25) is 4.79 Å². The molecule has 0 heterocycles. The number of carbonyl (C=O) groups is 1. The SMILES string of the molecule is CCCCCCCCCCCCCCCCCC(=O)ONCCN. The van der Waals surface area contributed by atoms with Gasteiger partial charge in [-0.15, -0.1) is 0 Å². The third kappa shape index (κ3) is 19.4. The van der Waals surface area contributed by atoms with Crippen LogP contribution in [0.25, 0.3) is 0 Å². The lowest BCUT2D eigenvalue weighted by Crippen LogP contribution is -2.25. The molecule has 4 heteroatoms. The summed E-state index contributed by atoms with van der Waals surface area (Å²) in [5.41, 5.74) is 7.86. The van der Waals surface area contributed by atoms with Crippen molar-refractivity contribution in [3.05, 3.63) is 0 Å². The summed E-state index contributed by atoms with van der Waals surface area (Å²) in [4.78, 5) is 16.2. The Morgan fingerprint density at radius 2 is 1.17 bits per heavy atom. The Morgan fingerprint density at radius 3 is 1.58 bits per heavy atom. The molecule has 0 saturated carbocycles. The van der Waals surface area contributed by atoms with Crippen LogP contribution in [0.5, 0.6) is 0 Å². The highest BCUT2D eigenvalue weighted by Gasteiger charge is 2.02. The fourth-order valence-electron chi connectivity index (χ4n) is 2.88. The summed E-state index contributed by atoms with van der Waals surface area (Å²) in [6, 6.07) is 0. The zero-order valence-electron chi connectivity index (χ0n) is 16.1. The molecular formula is C20H42N2O2. The highest BCUT2D eigenvalue weighted by molar-refractivity contribution is 5.68. The molecule has 0 aromatic rings. The van der Waals surface area contributed by atoms with E-state index in [0.29, 0.717) is 19.5 Å². The fraction of sp³-hybridized carbons (Fsp3) is 0.950. The molecule has 0 bridgehead atoms. The highest BCUT2D eigenvalue weighted by atomic mass is 16.7. The average Bonchev–Trinajstić information content (AvgIpc) is 2.58. The first-order valence-electron chi connectivity index (χ1n) is 10.4. The molecule has 0 spiro atoms. The summed E-state index contributed by atoms with van der Waals surface area (Å²) in [5, 5.41) is 0. The van der Waals surface area contributed by atoms with Crippen molar-refractivity contribution in [1.29, 1.82) is 0 Å². The lowest BCUT2D eigenvalue weighted by atomic mass is 10.0.